The van der Waals surface area contributed by atoms with Gasteiger partial charge in [0.05, 0.1) is 16.7 Å². The second-order valence-electron chi connectivity index (χ2n) is 6.95. The number of rotatable bonds is 5. The zero-order chi connectivity index (χ0) is 22.9. The number of nitrogens with one attached hydrogen (secondary N) is 1. The molecule has 31 heavy (non-hydrogen) atoms. The Morgan fingerprint density at radius 2 is 1.84 bits per heavy atom. The van der Waals surface area contributed by atoms with Gasteiger partial charge in [-0.2, -0.15) is 18.3 Å². The van der Waals surface area contributed by atoms with Crippen molar-refractivity contribution in [2.75, 3.05) is 5.43 Å². The molecule has 1 N–H and O–H groups in total. The van der Waals surface area contributed by atoms with Crippen LogP contribution in [-0.4, -0.2) is 15.7 Å². The molecule has 0 atom stereocenters. The lowest BCUT2D eigenvalue weighted by Gasteiger charge is -2.13. The van der Waals surface area contributed by atoms with E-state index in [1.54, 1.807) is 6.07 Å². The minimum absolute atomic E-state index is 0.145. The summed E-state index contributed by atoms with van der Waals surface area (Å²) >= 11 is 6.13. The molecule has 3 aromatic rings. The molecule has 1 heterocycles. The van der Waals surface area contributed by atoms with Gasteiger partial charge in [-0.05, 0) is 56.7 Å². The SMILES string of the molecule is Cc1ccc(Cl)cc1-n1c(C)cc(/C=N\Nc2ccc(C(F)(F)F)cc2[N+](=O)[O-])c1C. The molecule has 0 aliphatic rings. The Hall–Kier alpha value is -3.33. The Bertz CT molecular complexity index is 1190. The molecule has 2 aromatic carbocycles. The highest BCUT2D eigenvalue weighted by molar-refractivity contribution is 6.30. The van der Waals surface area contributed by atoms with E-state index in [-0.39, 0.29) is 5.69 Å². The summed E-state index contributed by atoms with van der Waals surface area (Å²) in [6.07, 6.45) is -3.22. The quantitative estimate of drug-likeness (QED) is 0.276. The van der Waals surface area contributed by atoms with Crippen LogP contribution in [0.2, 0.25) is 5.02 Å². The third-order valence-electron chi connectivity index (χ3n) is 4.79. The van der Waals surface area contributed by atoms with Crippen molar-refractivity contribution < 1.29 is 18.1 Å². The van der Waals surface area contributed by atoms with E-state index >= 15 is 0 Å². The summed E-state index contributed by atoms with van der Waals surface area (Å²) in [5.41, 5.74) is 4.95. The third kappa shape index (κ3) is 4.72. The number of aryl methyl sites for hydroxylation is 2. The number of aromatic nitrogens is 1. The molecule has 0 saturated carbocycles. The maximum Gasteiger partial charge on any atom is 0.416 e. The molecule has 10 heteroatoms. The fourth-order valence-corrected chi connectivity index (χ4v) is 3.40. The summed E-state index contributed by atoms with van der Waals surface area (Å²) in [5.74, 6) is 0. The van der Waals surface area contributed by atoms with Crippen LogP contribution in [0.3, 0.4) is 0 Å². The van der Waals surface area contributed by atoms with Gasteiger partial charge in [-0.1, -0.05) is 17.7 Å². The number of hydrogen-bond donors (Lipinski definition) is 1. The molecule has 6 nitrogen and oxygen atoms in total. The third-order valence-corrected chi connectivity index (χ3v) is 5.03. The summed E-state index contributed by atoms with van der Waals surface area (Å²) in [6, 6.07) is 9.66. The van der Waals surface area contributed by atoms with Crippen molar-refractivity contribution in [3.63, 3.8) is 0 Å². The monoisotopic (exact) mass is 450 g/mol. The normalized spacial score (nSPS) is 11.8. The van der Waals surface area contributed by atoms with Gasteiger partial charge < -0.3 is 4.57 Å². The summed E-state index contributed by atoms with van der Waals surface area (Å²) in [5, 5.41) is 15.8. The Kier molecular flexibility index (Phi) is 6.08. The standard InChI is InChI=1S/C21H18ClF3N4O2/c1-12-4-6-17(22)10-19(12)28-13(2)8-15(14(28)3)11-26-27-18-7-5-16(21(23,24)25)9-20(18)29(30)31/h4-11,27H,1-3H3/b26-11-. The fourth-order valence-electron chi connectivity index (χ4n) is 3.24. The van der Waals surface area contributed by atoms with Crippen LogP contribution >= 0.6 is 11.6 Å². The van der Waals surface area contributed by atoms with E-state index in [1.165, 1.54) is 6.21 Å². The van der Waals surface area contributed by atoms with Crippen molar-refractivity contribution in [2.45, 2.75) is 26.9 Å². The lowest BCUT2D eigenvalue weighted by Crippen LogP contribution is -2.06. The zero-order valence-electron chi connectivity index (χ0n) is 16.8. The van der Waals surface area contributed by atoms with Crippen LogP contribution in [-0.2, 0) is 6.18 Å². The number of nitrogens with zero attached hydrogens (tertiary/aromatic N) is 3. The predicted octanol–water partition coefficient (Wildman–Crippen LogP) is 6.43. The van der Waals surface area contributed by atoms with Crippen LogP contribution in [0.4, 0.5) is 24.5 Å². The van der Waals surface area contributed by atoms with Crippen molar-refractivity contribution in [1.82, 2.24) is 4.57 Å². The van der Waals surface area contributed by atoms with Crippen molar-refractivity contribution in [3.8, 4) is 5.69 Å². The molecule has 0 aliphatic heterocycles. The second kappa shape index (κ2) is 8.43. The van der Waals surface area contributed by atoms with Crippen molar-refractivity contribution >= 4 is 29.2 Å². The molecule has 1 aromatic heterocycles. The molecular formula is C21H18ClF3N4O2. The van der Waals surface area contributed by atoms with E-state index in [4.69, 9.17) is 11.6 Å². The zero-order valence-corrected chi connectivity index (χ0v) is 17.5. The first-order valence-corrected chi connectivity index (χ1v) is 9.47. The van der Waals surface area contributed by atoms with Gasteiger partial charge in [0.25, 0.3) is 5.69 Å². The molecule has 162 valence electrons. The molecule has 0 radical (unpaired) electrons. The molecule has 0 spiro atoms. The lowest BCUT2D eigenvalue weighted by molar-refractivity contribution is -0.384. The molecule has 3 rings (SSSR count). The molecule has 0 unspecified atom stereocenters. The molecule has 0 fully saturated rings. The highest BCUT2D eigenvalue weighted by Crippen LogP contribution is 2.35. The fraction of sp³-hybridized carbons (Fsp3) is 0.190. The van der Waals surface area contributed by atoms with Crippen LogP contribution in [0.15, 0.2) is 47.6 Å². The van der Waals surface area contributed by atoms with E-state index in [1.807, 2.05) is 43.5 Å². The Morgan fingerprint density at radius 1 is 1.13 bits per heavy atom. The van der Waals surface area contributed by atoms with Crippen molar-refractivity contribution in [2.24, 2.45) is 5.10 Å². The number of benzene rings is 2. The summed E-state index contributed by atoms with van der Waals surface area (Å²) < 4.78 is 40.5. The van der Waals surface area contributed by atoms with Gasteiger partial charge in [-0.3, -0.25) is 15.5 Å². The van der Waals surface area contributed by atoms with E-state index in [2.05, 4.69) is 10.5 Å². The summed E-state index contributed by atoms with van der Waals surface area (Å²) in [4.78, 5) is 10.3. The van der Waals surface area contributed by atoms with Crippen LogP contribution in [0.1, 0.15) is 28.1 Å². The van der Waals surface area contributed by atoms with Crippen LogP contribution in [0.5, 0.6) is 0 Å². The van der Waals surface area contributed by atoms with Crippen molar-refractivity contribution in [3.05, 3.63) is 85.7 Å². The summed E-state index contributed by atoms with van der Waals surface area (Å²) in [7, 11) is 0. The van der Waals surface area contributed by atoms with Crippen LogP contribution < -0.4 is 5.43 Å². The summed E-state index contributed by atoms with van der Waals surface area (Å²) in [6.45, 7) is 5.76. The first-order chi connectivity index (χ1) is 14.5. The Labute approximate surface area is 181 Å². The molecule has 0 saturated heterocycles. The maximum atomic E-state index is 12.8. The number of hydrogen-bond acceptors (Lipinski definition) is 4. The first-order valence-electron chi connectivity index (χ1n) is 9.09. The second-order valence-corrected chi connectivity index (χ2v) is 7.39. The number of anilines is 1. The van der Waals surface area contributed by atoms with Gasteiger partial charge in [0, 0.05) is 33.7 Å². The predicted molar refractivity (Wildman–Crippen MR) is 114 cm³/mol. The smallest absolute Gasteiger partial charge is 0.318 e. The minimum Gasteiger partial charge on any atom is -0.318 e. The van der Waals surface area contributed by atoms with E-state index < -0.39 is 22.4 Å². The van der Waals surface area contributed by atoms with Gasteiger partial charge in [0.1, 0.15) is 5.69 Å². The number of hydrazone groups is 1. The van der Waals surface area contributed by atoms with E-state index in [9.17, 15) is 23.3 Å². The highest BCUT2D eigenvalue weighted by atomic mass is 35.5. The molecule has 0 aliphatic carbocycles. The van der Waals surface area contributed by atoms with Crippen LogP contribution in [0, 0.1) is 30.9 Å². The van der Waals surface area contributed by atoms with Gasteiger partial charge in [-0.25, -0.2) is 0 Å². The number of nitro benzene ring substituents is 1. The van der Waals surface area contributed by atoms with Gasteiger partial charge >= 0.3 is 6.18 Å². The van der Waals surface area contributed by atoms with Crippen LogP contribution in [0.25, 0.3) is 5.69 Å². The Morgan fingerprint density at radius 3 is 2.48 bits per heavy atom. The number of alkyl halides is 3. The average Bonchev–Trinajstić information content (AvgIpc) is 2.96. The highest BCUT2D eigenvalue weighted by Gasteiger charge is 2.33. The van der Waals surface area contributed by atoms with Crippen molar-refractivity contribution in [1.29, 1.82) is 0 Å². The topological polar surface area (TPSA) is 72.5 Å². The van der Waals surface area contributed by atoms with E-state index in [0.29, 0.717) is 11.1 Å². The Balaban J connectivity index is 1.91. The average molecular weight is 451 g/mol. The van der Waals surface area contributed by atoms with E-state index in [0.717, 1.165) is 40.3 Å². The first kappa shape index (κ1) is 22.4. The van der Waals surface area contributed by atoms with Gasteiger partial charge in [-0.15, -0.1) is 0 Å². The minimum atomic E-state index is -4.68. The molecule has 0 amide bonds. The molecule has 0 bridgehead atoms. The number of nitro groups is 1. The molecular weight excluding hydrogens is 433 g/mol. The number of halogens is 4. The largest absolute Gasteiger partial charge is 0.416 e. The maximum absolute atomic E-state index is 12.8. The van der Waals surface area contributed by atoms with Gasteiger partial charge in [0.15, 0.2) is 0 Å². The van der Waals surface area contributed by atoms with Gasteiger partial charge in [0.2, 0.25) is 0 Å². The lowest BCUT2D eigenvalue weighted by atomic mass is 10.1.